The summed E-state index contributed by atoms with van der Waals surface area (Å²) in [4.78, 5) is 75.2. The molecule has 0 radical (unpaired) electrons. The number of imidazole rings is 1. The number of anilines is 2. The number of nitrogens with zero attached hydrogens (tertiary/aromatic N) is 6. The lowest BCUT2D eigenvalue weighted by Crippen LogP contribution is -2.49. The number of fused-ring (bicyclic) bond motifs is 6. The van der Waals surface area contributed by atoms with Gasteiger partial charge in [0.25, 0.3) is 11.8 Å². The summed E-state index contributed by atoms with van der Waals surface area (Å²) in [5.41, 5.74) is 6.70. The second kappa shape index (κ2) is 16.7. The number of pyridine rings is 1. The van der Waals surface area contributed by atoms with Gasteiger partial charge in [-0.1, -0.05) is 24.3 Å². The molecule has 61 heavy (non-hydrogen) atoms. The summed E-state index contributed by atoms with van der Waals surface area (Å²) < 4.78 is 15.7. The molecule has 1 unspecified atom stereocenters. The van der Waals surface area contributed by atoms with Gasteiger partial charge in [0, 0.05) is 86.0 Å². The molecule has 0 saturated carbocycles. The summed E-state index contributed by atoms with van der Waals surface area (Å²) >= 11 is 1.50. The molecule has 15 nitrogen and oxygen atoms in total. The standard InChI is InChI=1S/C45H48N8O7S/c1-27-25-46-40-39-31-10-11-32(48-33(31)12-14-36(39)61-42(40)43(56)47-27)29-7-4-8-30(24-29)51-17-19-52(20-18-51)38(55)26-60-23-22-59-21-16-28-6-5-9-34-41(28)50(3)45(58)53(34)35-13-15-37(54)49(2)44(35)57/h4-12,14,24,27,35,46H,13,15-23,25-26H2,1-3H3,(H,47,56)/t27-,35?/m1/s1. The van der Waals surface area contributed by atoms with Crippen LogP contribution in [0.15, 0.2) is 71.5 Å². The number of aromatic nitrogens is 3. The minimum atomic E-state index is -0.724. The van der Waals surface area contributed by atoms with Crippen molar-refractivity contribution < 1.29 is 28.7 Å². The Morgan fingerprint density at radius 2 is 1.72 bits per heavy atom. The molecule has 3 aromatic heterocycles. The van der Waals surface area contributed by atoms with Gasteiger partial charge in [0.2, 0.25) is 11.8 Å². The number of likely N-dealkylation sites (tertiary alicyclic amines) is 1. The number of carbonyl (C=O) groups is 4. The van der Waals surface area contributed by atoms with Gasteiger partial charge in [-0.25, -0.2) is 9.78 Å². The van der Waals surface area contributed by atoms with Gasteiger partial charge in [0.1, 0.15) is 17.5 Å². The average molecular weight is 845 g/mol. The molecule has 4 amide bonds. The molecule has 2 fully saturated rings. The number of para-hydroxylation sites is 1. The van der Waals surface area contributed by atoms with E-state index < -0.39 is 6.04 Å². The number of likely N-dealkylation sites (N-methyl/N-ethyl adjacent to an activating group) is 1. The SMILES string of the molecule is C[C@@H]1CNc2c(sc3ccc4nc(-c5cccc(N6CCN(C(=O)COCCOCCc7cccc8c7n(C)c(=O)n8C7CCC(=O)N(C)C7=O)CC6)c5)ccc4c23)C(=O)N1. The molecular weight excluding hydrogens is 797 g/mol. The number of hydrogen-bond donors (Lipinski definition) is 2. The molecule has 3 aliphatic heterocycles. The van der Waals surface area contributed by atoms with Gasteiger partial charge >= 0.3 is 5.69 Å². The van der Waals surface area contributed by atoms with Crippen molar-refractivity contribution in [2.45, 2.75) is 38.3 Å². The molecule has 16 heteroatoms. The number of hydrogen-bond acceptors (Lipinski definition) is 11. The number of ether oxygens (including phenoxy) is 2. The summed E-state index contributed by atoms with van der Waals surface area (Å²) in [6.07, 6.45) is 1.04. The van der Waals surface area contributed by atoms with Gasteiger partial charge in [0.15, 0.2) is 0 Å². The quantitative estimate of drug-likeness (QED) is 0.140. The molecule has 6 heterocycles. The van der Waals surface area contributed by atoms with Crippen LogP contribution in [0.3, 0.4) is 0 Å². The summed E-state index contributed by atoms with van der Waals surface area (Å²) in [6, 6.07) is 21.5. The number of piperazine rings is 1. The number of imide groups is 1. The van der Waals surface area contributed by atoms with E-state index in [0.717, 1.165) is 59.6 Å². The first-order chi connectivity index (χ1) is 29.6. The Morgan fingerprint density at radius 1 is 0.918 bits per heavy atom. The van der Waals surface area contributed by atoms with E-state index in [0.29, 0.717) is 62.8 Å². The van der Waals surface area contributed by atoms with E-state index in [-0.39, 0.29) is 61.4 Å². The second-order valence-corrected chi connectivity index (χ2v) is 17.0. The van der Waals surface area contributed by atoms with Crippen molar-refractivity contribution in [3.8, 4) is 11.3 Å². The lowest BCUT2D eigenvalue weighted by Gasteiger charge is -2.36. The molecule has 3 aliphatic rings. The monoisotopic (exact) mass is 844 g/mol. The Bertz CT molecular complexity index is 2770. The minimum Gasteiger partial charge on any atom is -0.381 e. The Morgan fingerprint density at radius 3 is 2.56 bits per heavy atom. The number of nitrogens with one attached hydrogen (secondary N) is 2. The lowest BCUT2D eigenvalue weighted by atomic mass is 10.0. The Kier molecular flexibility index (Phi) is 11.1. The lowest BCUT2D eigenvalue weighted by molar-refractivity contribution is -0.149. The molecular formula is C45H48N8O7S. The Labute approximate surface area is 355 Å². The molecule has 6 aromatic rings. The van der Waals surface area contributed by atoms with Crippen LogP contribution < -0.4 is 21.2 Å². The van der Waals surface area contributed by atoms with Crippen molar-refractivity contribution in [3.05, 3.63) is 87.7 Å². The third-order valence-electron chi connectivity index (χ3n) is 12.1. The zero-order chi connectivity index (χ0) is 42.4. The highest BCUT2D eigenvalue weighted by atomic mass is 32.1. The zero-order valence-corrected chi connectivity index (χ0v) is 35.3. The molecule has 2 N–H and O–H groups in total. The molecule has 0 aliphatic carbocycles. The van der Waals surface area contributed by atoms with E-state index >= 15 is 0 Å². The number of benzene rings is 3. The van der Waals surface area contributed by atoms with Crippen LogP contribution in [0, 0.1) is 0 Å². The van der Waals surface area contributed by atoms with Crippen molar-refractivity contribution in [2.75, 3.05) is 76.4 Å². The maximum absolute atomic E-state index is 13.3. The van der Waals surface area contributed by atoms with Gasteiger partial charge < -0.3 is 29.9 Å². The van der Waals surface area contributed by atoms with Crippen LogP contribution in [0.25, 0.3) is 43.3 Å². The van der Waals surface area contributed by atoms with E-state index in [1.165, 1.54) is 23.0 Å². The highest BCUT2D eigenvalue weighted by Gasteiger charge is 2.35. The summed E-state index contributed by atoms with van der Waals surface area (Å²) in [7, 11) is 3.15. The van der Waals surface area contributed by atoms with Crippen LogP contribution in [0.5, 0.6) is 0 Å². The van der Waals surface area contributed by atoms with Gasteiger partial charge in [-0.3, -0.25) is 33.2 Å². The predicted molar refractivity (Wildman–Crippen MR) is 235 cm³/mol. The molecule has 2 atom stereocenters. The van der Waals surface area contributed by atoms with Crippen LogP contribution in [0.1, 0.15) is 41.0 Å². The molecule has 0 bridgehead atoms. The van der Waals surface area contributed by atoms with Crippen molar-refractivity contribution in [1.82, 2.24) is 29.2 Å². The maximum Gasteiger partial charge on any atom is 0.329 e. The normalized spacial score (nSPS) is 18.5. The van der Waals surface area contributed by atoms with E-state index in [1.54, 1.807) is 11.6 Å². The van der Waals surface area contributed by atoms with E-state index in [4.69, 9.17) is 14.5 Å². The predicted octanol–water partition coefficient (Wildman–Crippen LogP) is 4.56. The Hall–Kier alpha value is -6.10. The maximum atomic E-state index is 13.3. The molecule has 0 spiro atoms. The summed E-state index contributed by atoms with van der Waals surface area (Å²) in [5.74, 6) is -0.714. The topological polar surface area (TPSA) is 160 Å². The van der Waals surface area contributed by atoms with Gasteiger partial charge in [-0.15, -0.1) is 11.3 Å². The number of rotatable bonds is 11. The van der Waals surface area contributed by atoms with E-state index in [9.17, 15) is 24.0 Å². The van der Waals surface area contributed by atoms with Crippen LogP contribution in [0.4, 0.5) is 11.4 Å². The number of thiophene rings is 1. The average Bonchev–Trinajstić information content (AvgIpc) is 3.73. The molecule has 9 rings (SSSR count). The molecule has 3 aromatic carbocycles. The van der Waals surface area contributed by atoms with Crippen LogP contribution >= 0.6 is 11.3 Å². The van der Waals surface area contributed by atoms with Gasteiger partial charge in [0.05, 0.1) is 47.8 Å². The number of carbonyl (C=O) groups excluding carboxylic acids is 4. The first-order valence-corrected chi connectivity index (χ1v) is 21.6. The van der Waals surface area contributed by atoms with Crippen LogP contribution in [-0.2, 0) is 37.3 Å². The third-order valence-corrected chi connectivity index (χ3v) is 13.2. The zero-order valence-electron chi connectivity index (χ0n) is 34.4. The van der Waals surface area contributed by atoms with E-state index in [2.05, 4.69) is 39.8 Å². The number of piperidine rings is 1. The first kappa shape index (κ1) is 40.3. The van der Waals surface area contributed by atoms with Gasteiger partial charge in [-0.05, 0) is 67.8 Å². The summed E-state index contributed by atoms with van der Waals surface area (Å²) in [6.45, 7) is 6.15. The first-order valence-electron chi connectivity index (χ1n) is 20.8. The highest BCUT2D eigenvalue weighted by molar-refractivity contribution is 7.21. The Balaban J connectivity index is 0.747. The largest absolute Gasteiger partial charge is 0.381 e. The minimum absolute atomic E-state index is 0.0229. The van der Waals surface area contributed by atoms with Crippen molar-refractivity contribution in [2.24, 2.45) is 7.05 Å². The number of amides is 4. The third kappa shape index (κ3) is 7.63. The van der Waals surface area contributed by atoms with Crippen molar-refractivity contribution >= 4 is 78.4 Å². The van der Waals surface area contributed by atoms with E-state index in [1.807, 2.05) is 54.3 Å². The smallest absolute Gasteiger partial charge is 0.329 e. The fourth-order valence-corrected chi connectivity index (χ4v) is 9.87. The fraction of sp³-hybridized carbons (Fsp3) is 0.378. The fourth-order valence-electron chi connectivity index (χ4n) is 8.78. The van der Waals surface area contributed by atoms with Crippen LogP contribution in [0.2, 0.25) is 0 Å². The second-order valence-electron chi connectivity index (χ2n) is 15.9. The highest BCUT2D eigenvalue weighted by Crippen LogP contribution is 2.41. The van der Waals surface area contributed by atoms with Crippen LogP contribution in [-0.4, -0.2) is 120 Å². The number of aryl methyl sites for hydroxylation is 1. The summed E-state index contributed by atoms with van der Waals surface area (Å²) in [5, 5.41) is 8.60. The van der Waals surface area contributed by atoms with Gasteiger partial charge in [-0.2, -0.15) is 0 Å². The van der Waals surface area contributed by atoms with Crippen molar-refractivity contribution in [3.63, 3.8) is 0 Å². The van der Waals surface area contributed by atoms with Crippen molar-refractivity contribution in [1.29, 1.82) is 0 Å². The molecule has 2 saturated heterocycles. The molecule has 316 valence electrons.